The largest absolute Gasteiger partial charge is 0.314 e. The van der Waals surface area contributed by atoms with Crippen LogP contribution in [0.25, 0.3) is 0 Å². The van der Waals surface area contributed by atoms with Crippen LogP contribution in [0.15, 0.2) is 60.7 Å². The second-order valence-corrected chi connectivity index (χ2v) is 14.2. The molecule has 0 saturated heterocycles. The van der Waals surface area contributed by atoms with E-state index < -0.39 is 10.9 Å². The Morgan fingerprint density at radius 1 is 1.09 bits per heavy atom. The number of nitrogens with zero attached hydrogens (tertiary/aromatic N) is 1. The Kier molecular flexibility index (Phi) is 5.84. The Balaban J connectivity index is 2.41. The Labute approximate surface area is 152 Å². The normalized spacial score (nSPS) is 14.0. The summed E-state index contributed by atoms with van der Waals surface area (Å²) >= 11 is 15.4. The fourth-order valence-electron chi connectivity index (χ4n) is 2.39. The van der Waals surface area contributed by atoms with Crippen molar-refractivity contribution < 1.29 is 4.79 Å². The van der Waals surface area contributed by atoms with E-state index in [1.165, 1.54) is 0 Å². The predicted octanol–water partition coefficient (Wildman–Crippen LogP) is 3.57. The van der Waals surface area contributed by atoms with Gasteiger partial charge in [-0.15, -0.1) is 11.7 Å². The molecule has 0 aliphatic heterocycles. The van der Waals surface area contributed by atoms with Gasteiger partial charge in [0.05, 0.1) is 0 Å². The molecule has 0 fully saturated rings. The van der Waals surface area contributed by atoms with Crippen molar-refractivity contribution in [1.82, 2.24) is 0 Å². The van der Waals surface area contributed by atoms with Gasteiger partial charge in [-0.2, -0.15) is 0 Å². The fourth-order valence-corrected chi connectivity index (χ4v) is 4.30. The third-order valence-electron chi connectivity index (χ3n) is 3.85. The van der Waals surface area contributed by atoms with Crippen LogP contribution < -0.4 is 4.90 Å². The summed E-state index contributed by atoms with van der Waals surface area (Å²) in [6.45, 7) is 1.84. The highest BCUT2D eigenvalue weighted by Gasteiger charge is 2.41. The minimum atomic E-state index is -2.24. The zero-order chi connectivity index (χ0) is 17.1. The maximum Gasteiger partial charge on any atom is 0.244 e. The van der Waals surface area contributed by atoms with Crippen molar-refractivity contribution >= 4 is 51.8 Å². The topological polar surface area (TPSA) is 20.3 Å². The lowest BCUT2D eigenvalue weighted by molar-refractivity contribution is -0.120. The molecular weight excluding hydrogens is 362 g/mol. The first-order valence-electron chi connectivity index (χ1n) is 7.10. The molecule has 1 atom stereocenters. The summed E-state index contributed by atoms with van der Waals surface area (Å²) in [4.78, 5) is 14.8. The number of thiol groups is 1. The molecule has 1 amide bonds. The number of carbonyl (C=O) groups excluding carboxylic acids is 1. The Hall–Kier alpha value is -0.950. The molecule has 6 heteroatoms. The summed E-state index contributed by atoms with van der Waals surface area (Å²) in [6.07, 6.45) is -1.76. The molecule has 0 radical (unpaired) electrons. The van der Waals surface area contributed by atoms with Gasteiger partial charge >= 0.3 is 0 Å². The molecule has 0 heterocycles. The van der Waals surface area contributed by atoms with Gasteiger partial charge < -0.3 is 4.90 Å². The van der Waals surface area contributed by atoms with Crippen LogP contribution in [0.2, 0.25) is 0 Å². The van der Waals surface area contributed by atoms with Gasteiger partial charge in [-0.1, -0.05) is 48.5 Å². The SMILES string of the molecule is CN(C(=O)C(C)(Cc1ccccc1)S(=S)(=S)S)c1ccccc1. The highest BCUT2D eigenvalue weighted by molar-refractivity contribution is 8.93. The second kappa shape index (κ2) is 7.30. The summed E-state index contributed by atoms with van der Waals surface area (Å²) in [6, 6.07) is 19.3. The first-order valence-corrected chi connectivity index (χ1v) is 11.6. The van der Waals surface area contributed by atoms with E-state index in [9.17, 15) is 4.79 Å². The lowest BCUT2D eigenvalue weighted by Gasteiger charge is -2.34. The summed E-state index contributed by atoms with van der Waals surface area (Å²) < 4.78 is -0.910. The van der Waals surface area contributed by atoms with Gasteiger partial charge in [-0.25, -0.2) is 0 Å². The van der Waals surface area contributed by atoms with E-state index in [2.05, 4.69) is 11.7 Å². The van der Waals surface area contributed by atoms with Gasteiger partial charge in [-0.05, 0) is 59.6 Å². The number of para-hydroxylation sites is 1. The van der Waals surface area contributed by atoms with E-state index in [-0.39, 0.29) is 5.91 Å². The molecule has 0 N–H and O–H groups in total. The monoisotopic (exact) mass is 381 g/mol. The molecule has 23 heavy (non-hydrogen) atoms. The Morgan fingerprint density at radius 3 is 2.04 bits per heavy atom. The molecule has 2 rings (SSSR count). The zero-order valence-electron chi connectivity index (χ0n) is 13.0. The maximum absolute atomic E-state index is 13.2. The van der Waals surface area contributed by atoms with E-state index in [1.54, 1.807) is 11.9 Å². The van der Waals surface area contributed by atoms with Crippen LogP contribution in [-0.2, 0) is 39.8 Å². The third kappa shape index (κ3) is 4.12. The van der Waals surface area contributed by atoms with Crippen molar-refractivity contribution in [3.8, 4) is 0 Å². The van der Waals surface area contributed by atoms with Gasteiger partial charge in [0, 0.05) is 12.7 Å². The highest BCUT2D eigenvalue weighted by Crippen LogP contribution is 2.30. The first kappa shape index (κ1) is 18.4. The molecule has 0 aliphatic rings. The minimum absolute atomic E-state index is 0.0949. The van der Waals surface area contributed by atoms with Crippen LogP contribution in [0.4, 0.5) is 5.69 Å². The van der Waals surface area contributed by atoms with E-state index >= 15 is 0 Å². The number of hydrogen-bond donors (Lipinski definition) is 1. The van der Waals surface area contributed by atoms with E-state index in [1.807, 2.05) is 67.6 Å². The molecule has 2 nitrogen and oxygen atoms in total. The number of rotatable bonds is 5. The maximum atomic E-state index is 13.2. The first-order chi connectivity index (χ1) is 10.8. The van der Waals surface area contributed by atoms with Crippen LogP contribution >= 0.6 is 11.7 Å². The lowest BCUT2D eigenvalue weighted by atomic mass is 9.98. The van der Waals surface area contributed by atoms with Gasteiger partial charge in [0.1, 0.15) is 4.75 Å². The van der Waals surface area contributed by atoms with Crippen LogP contribution in [0.1, 0.15) is 12.5 Å². The highest BCUT2D eigenvalue weighted by atomic mass is 33.5. The van der Waals surface area contributed by atoms with Crippen molar-refractivity contribution in [1.29, 1.82) is 0 Å². The molecular formula is C17H19NOS4. The van der Waals surface area contributed by atoms with Crippen molar-refractivity contribution in [2.45, 2.75) is 18.1 Å². The molecule has 0 aliphatic carbocycles. The summed E-state index contributed by atoms with van der Waals surface area (Å²) in [5.41, 5.74) is 1.85. The van der Waals surface area contributed by atoms with Gasteiger partial charge in [0.2, 0.25) is 5.91 Å². The summed E-state index contributed by atoms with van der Waals surface area (Å²) in [7, 11) is 1.75. The molecule has 0 aromatic heterocycles. The van der Waals surface area contributed by atoms with Crippen LogP contribution in [0, 0.1) is 0 Å². The molecule has 0 bridgehead atoms. The molecule has 2 aromatic carbocycles. The van der Waals surface area contributed by atoms with Crippen LogP contribution in [0.3, 0.4) is 0 Å². The lowest BCUT2D eigenvalue weighted by Crippen LogP contribution is -2.50. The molecule has 1 unspecified atom stereocenters. The summed E-state index contributed by atoms with van der Waals surface area (Å²) in [5, 5.41) is 0. The molecule has 0 saturated carbocycles. The zero-order valence-corrected chi connectivity index (χ0v) is 16.4. The van der Waals surface area contributed by atoms with Crippen molar-refractivity contribution in [2.24, 2.45) is 0 Å². The van der Waals surface area contributed by atoms with Crippen LogP contribution in [0.5, 0.6) is 0 Å². The number of amides is 1. The Bertz CT molecular complexity index is 775. The number of carbonyl (C=O) groups is 1. The number of hydrogen-bond acceptors (Lipinski definition) is 3. The van der Waals surface area contributed by atoms with E-state index in [4.69, 9.17) is 22.4 Å². The average molecular weight is 382 g/mol. The summed E-state index contributed by atoms with van der Waals surface area (Å²) in [5.74, 6) is -0.0949. The van der Waals surface area contributed by atoms with E-state index in [0.717, 1.165) is 11.3 Å². The Morgan fingerprint density at radius 2 is 1.57 bits per heavy atom. The molecule has 0 spiro atoms. The van der Waals surface area contributed by atoms with E-state index in [0.29, 0.717) is 6.42 Å². The fraction of sp³-hybridized carbons (Fsp3) is 0.235. The number of anilines is 1. The molecule has 122 valence electrons. The van der Waals surface area contributed by atoms with Crippen molar-refractivity contribution in [3.63, 3.8) is 0 Å². The van der Waals surface area contributed by atoms with Gasteiger partial charge in [0.15, 0.2) is 0 Å². The quantitative estimate of drug-likeness (QED) is 0.632. The second-order valence-electron chi connectivity index (χ2n) is 5.57. The predicted molar refractivity (Wildman–Crippen MR) is 109 cm³/mol. The standard InChI is InChI=1S/C17H19NOS4/c1-17(23(20,21)22,13-14-9-5-3-6-10-14)16(19)18(2)15-11-7-4-8-12-15/h3-12H,13H2,1-2H3,(H,20,21,22). The smallest absolute Gasteiger partial charge is 0.244 e. The average Bonchev–Trinajstić information content (AvgIpc) is 2.54. The van der Waals surface area contributed by atoms with Gasteiger partial charge in [-0.3, -0.25) is 4.79 Å². The molecule has 2 aromatic rings. The van der Waals surface area contributed by atoms with Crippen LogP contribution in [-0.4, -0.2) is 17.7 Å². The van der Waals surface area contributed by atoms with Gasteiger partial charge in [0.25, 0.3) is 0 Å². The minimum Gasteiger partial charge on any atom is -0.314 e. The number of benzene rings is 2. The van der Waals surface area contributed by atoms with Crippen molar-refractivity contribution in [3.05, 3.63) is 66.2 Å². The van der Waals surface area contributed by atoms with Crippen molar-refractivity contribution in [2.75, 3.05) is 11.9 Å². The third-order valence-corrected chi connectivity index (χ3v) is 8.73.